The summed E-state index contributed by atoms with van der Waals surface area (Å²) in [5.74, 6) is 0. The van der Waals surface area contributed by atoms with E-state index >= 15 is 0 Å². The molecular weight excluding hydrogens is 360 g/mol. The first kappa shape index (κ1) is 18.2. The van der Waals surface area contributed by atoms with Gasteiger partial charge in [0.25, 0.3) is 0 Å². The Bertz CT molecular complexity index is 1020. The second-order valence-electron chi connectivity index (χ2n) is 6.95. The molecule has 1 aliphatic rings. The third-order valence-corrected chi connectivity index (χ3v) is 7.14. The van der Waals surface area contributed by atoms with Crippen molar-refractivity contribution in [1.29, 1.82) is 0 Å². The maximum atomic E-state index is 12.7. The molecule has 142 valence electrons. The Kier molecular flexibility index (Phi) is 4.99. The molecule has 0 radical (unpaired) electrons. The van der Waals surface area contributed by atoms with Gasteiger partial charge in [0, 0.05) is 57.6 Å². The number of hydrogen-bond acceptors (Lipinski definition) is 4. The van der Waals surface area contributed by atoms with Crippen molar-refractivity contribution in [2.24, 2.45) is 7.05 Å². The SMILES string of the molecule is Cn1cc(CCN2CCN(S(=O)(=O)c3ccccc3)CC2)c2cccnc21. The van der Waals surface area contributed by atoms with Crippen LogP contribution in [0.15, 0.2) is 59.8 Å². The first-order chi connectivity index (χ1) is 13.1. The lowest BCUT2D eigenvalue weighted by molar-refractivity contribution is 0.190. The molecule has 1 aromatic carbocycles. The van der Waals surface area contributed by atoms with Crippen LogP contribution in [0.1, 0.15) is 5.56 Å². The van der Waals surface area contributed by atoms with Gasteiger partial charge in [-0.15, -0.1) is 0 Å². The van der Waals surface area contributed by atoms with Crippen LogP contribution < -0.4 is 0 Å². The minimum absolute atomic E-state index is 0.377. The number of nitrogens with zero attached hydrogens (tertiary/aromatic N) is 4. The molecule has 1 fully saturated rings. The van der Waals surface area contributed by atoms with Crippen LogP contribution in [-0.2, 0) is 23.5 Å². The third-order valence-electron chi connectivity index (χ3n) is 5.23. The first-order valence-corrected chi connectivity index (χ1v) is 10.7. The summed E-state index contributed by atoms with van der Waals surface area (Å²) in [5.41, 5.74) is 2.30. The van der Waals surface area contributed by atoms with Gasteiger partial charge in [-0.2, -0.15) is 4.31 Å². The van der Waals surface area contributed by atoms with E-state index in [1.807, 2.05) is 25.4 Å². The average Bonchev–Trinajstić information content (AvgIpc) is 3.03. The summed E-state index contributed by atoms with van der Waals surface area (Å²) >= 11 is 0. The predicted octanol–water partition coefficient (Wildman–Crippen LogP) is 2.12. The molecule has 7 heteroatoms. The summed E-state index contributed by atoms with van der Waals surface area (Å²) in [6.07, 6.45) is 4.90. The molecule has 2 aromatic heterocycles. The Labute approximate surface area is 160 Å². The van der Waals surface area contributed by atoms with E-state index < -0.39 is 10.0 Å². The number of pyridine rings is 1. The highest BCUT2D eigenvalue weighted by Gasteiger charge is 2.28. The van der Waals surface area contributed by atoms with Crippen molar-refractivity contribution < 1.29 is 8.42 Å². The summed E-state index contributed by atoms with van der Waals surface area (Å²) in [6, 6.07) is 12.8. The zero-order valence-electron chi connectivity index (χ0n) is 15.5. The Morgan fingerprint density at radius 1 is 1.00 bits per heavy atom. The van der Waals surface area contributed by atoms with Gasteiger partial charge in [0.05, 0.1) is 4.90 Å². The number of rotatable bonds is 5. The van der Waals surface area contributed by atoms with Crippen LogP contribution in [0.2, 0.25) is 0 Å². The van der Waals surface area contributed by atoms with Crippen molar-refractivity contribution >= 4 is 21.1 Å². The molecule has 0 N–H and O–H groups in total. The Morgan fingerprint density at radius 3 is 2.48 bits per heavy atom. The van der Waals surface area contributed by atoms with Crippen molar-refractivity contribution in [2.45, 2.75) is 11.3 Å². The molecule has 3 aromatic rings. The van der Waals surface area contributed by atoms with Crippen LogP contribution in [0.25, 0.3) is 11.0 Å². The quantitative estimate of drug-likeness (QED) is 0.676. The summed E-state index contributed by atoms with van der Waals surface area (Å²) in [4.78, 5) is 7.15. The van der Waals surface area contributed by atoms with Crippen LogP contribution in [-0.4, -0.2) is 59.9 Å². The van der Waals surface area contributed by atoms with Crippen molar-refractivity contribution in [3.8, 4) is 0 Å². The lowest BCUT2D eigenvalue weighted by Gasteiger charge is -2.33. The molecule has 0 unspecified atom stereocenters. The van der Waals surface area contributed by atoms with Gasteiger partial charge in [0.2, 0.25) is 10.0 Å². The second-order valence-corrected chi connectivity index (χ2v) is 8.89. The summed E-state index contributed by atoms with van der Waals surface area (Å²) < 4.78 is 29.1. The van der Waals surface area contributed by atoms with Crippen LogP contribution in [0.5, 0.6) is 0 Å². The van der Waals surface area contributed by atoms with E-state index in [-0.39, 0.29) is 0 Å². The van der Waals surface area contributed by atoms with Crippen molar-refractivity contribution in [2.75, 3.05) is 32.7 Å². The maximum absolute atomic E-state index is 12.7. The highest BCUT2D eigenvalue weighted by atomic mass is 32.2. The van der Waals surface area contributed by atoms with Gasteiger partial charge in [-0.05, 0) is 36.2 Å². The van der Waals surface area contributed by atoms with Gasteiger partial charge < -0.3 is 9.47 Å². The highest BCUT2D eigenvalue weighted by Crippen LogP contribution is 2.20. The zero-order valence-corrected chi connectivity index (χ0v) is 16.3. The van der Waals surface area contributed by atoms with Gasteiger partial charge in [0.1, 0.15) is 5.65 Å². The molecule has 0 saturated carbocycles. The van der Waals surface area contributed by atoms with Crippen molar-refractivity contribution in [3.05, 3.63) is 60.4 Å². The second kappa shape index (κ2) is 7.42. The lowest BCUT2D eigenvalue weighted by Crippen LogP contribution is -2.48. The number of sulfonamides is 1. The molecule has 0 spiro atoms. The minimum Gasteiger partial charge on any atom is -0.335 e. The Balaban J connectivity index is 1.37. The van der Waals surface area contributed by atoms with E-state index in [9.17, 15) is 8.42 Å². The first-order valence-electron chi connectivity index (χ1n) is 9.22. The normalized spacial score (nSPS) is 16.8. The molecule has 0 atom stereocenters. The Morgan fingerprint density at radius 2 is 1.74 bits per heavy atom. The van der Waals surface area contributed by atoms with E-state index in [4.69, 9.17) is 0 Å². The monoisotopic (exact) mass is 384 g/mol. The van der Waals surface area contributed by atoms with Crippen molar-refractivity contribution in [1.82, 2.24) is 18.8 Å². The average molecular weight is 385 g/mol. The van der Waals surface area contributed by atoms with Gasteiger partial charge >= 0.3 is 0 Å². The Hall–Kier alpha value is -2.22. The fourth-order valence-electron chi connectivity index (χ4n) is 3.71. The van der Waals surface area contributed by atoms with E-state index in [0.29, 0.717) is 18.0 Å². The van der Waals surface area contributed by atoms with Gasteiger partial charge in [-0.1, -0.05) is 18.2 Å². The standard InChI is InChI=1S/C20H24N4O2S/c1-22-16-17(19-8-5-10-21-20(19)22)9-11-23-12-14-24(15-13-23)27(25,26)18-6-3-2-4-7-18/h2-8,10,16H,9,11-15H2,1H3. The number of benzene rings is 1. The van der Waals surface area contributed by atoms with E-state index in [1.54, 1.807) is 28.6 Å². The van der Waals surface area contributed by atoms with Crippen LogP contribution >= 0.6 is 0 Å². The number of aryl methyl sites for hydroxylation is 1. The molecule has 1 aliphatic heterocycles. The maximum Gasteiger partial charge on any atom is 0.243 e. The fraction of sp³-hybridized carbons (Fsp3) is 0.350. The number of hydrogen-bond donors (Lipinski definition) is 0. The largest absolute Gasteiger partial charge is 0.335 e. The molecule has 3 heterocycles. The molecule has 4 rings (SSSR count). The zero-order chi connectivity index (χ0) is 18.9. The van der Waals surface area contributed by atoms with Crippen LogP contribution in [0.4, 0.5) is 0 Å². The molecule has 1 saturated heterocycles. The number of aromatic nitrogens is 2. The smallest absolute Gasteiger partial charge is 0.243 e. The fourth-order valence-corrected chi connectivity index (χ4v) is 5.15. The molecule has 27 heavy (non-hydrogen) atoms. The molecule has 0 amide bonds. The van der Waals surface area contributed by atoms with Gasteiger partial charge in [-0.25, -0.2) is 13.4 Å². The lowest BCUT2D eigenvalue weighted by atomic mass is 10.1. The van der Waals surface area contributed by atoms with E-state index in [0.717, 1.165) is 31.7 Å². The third kappa shape index (κ3) is 3.63. The summed E-state index contributed by atoms with van der Waals surface area (Å²) in [6.45, 7) is 3.51. The van der Waals surface area contributed by atoms with Crippen molar-refractivity contribution in [3.63, 3.8) is 0 Å². The van der Waals surface area contributed by atoms with Crippen LogP contribution in [0.3, 0.4) is 0 Å². The number of piperazine rings is 1. The number of fused-ring (bicyclic) bond motifs is 1. The molecule has 0 aliphatic carbocycles. The van der Waals surface area contributed by atoms with E-state index in [2.05, 4.69) is 26.7 Å². The van der Waals surface area contributed by atoms with E-state index in [1.165, 1.54) is 10.9 Å². The molecular formula is C20H24N4O2S. The highest BCUT2D eigenvalue weighted by molar-refractivity contribution is 7.89. The van der Waals surface area contributed by atoms with Gasteiger partial charge in [0.15, 0.2) is 0 Å². The topological polar surface area (TPSA) is 58.4 Å². The summed E-state index contributed by atoms with van der Waals surface area (Å²) in [7, 11) is -1.36. The predicted molar refractivity (Wildman–Crippen MR) is 106 cm³/mol. The summed E-state index contributed by atoms with van der Waals surface area (Å²) in [5, 5.41) is 1.20. The van der Waals surface area contributed by atoms with Gasteiger partial charge in [-0.3, -0.25) is 0 Å². The minimum atomic E-state index is -3.38. The molecule has 6 nitrogen and oxygen atoms in total. The molecule has 0 bridgehead atoms. The van der Waals surface area contributed by atoms with Crippen LogP contribution in [0, 0.1) is 0 Å².